The first kappa shape index (κ1) is 21.8. The molecule has 8 heteroatoms. The largest absolute Gasteiger partial charge is 0.457 e. The zero-order chi connectivity index (χ0) is 21.3. The number of benzene rings is 2. The summed E-state index contributed by atoms with van der Waals surface area (Å²) in [5, 5.41) is 8.53. The maximum atomic E-state index is 12.4. The van der Waals surface area contributed by atoms with Gasteiger partial charge in [0.05, 0.1) is 19.3 Å². The minimum Gasteiger partial charge on any atom is -0.457 e. The van der Waals surface area contributed by atoms with Crippen molar-refractivity contribution in [3.63, 3.8) is 0 Å². The number of nitrogens with two attached hydrogens (primary N) is 1. The van der Waals surface area contributed by atoms with Crippen molar-refractivity contribution in [2.24, 2.45) is 5.73 Å². The van der Waals surface area contributed by atoms with Gasteiger partial charge in [0.1, 0.15) is 11.5 Å². The fourth-order valence-electron chi connectivity index (χ4n) is 3.23. The van der Waals surface area contributed by atoms with Crippen LogP contribution in [0.25, 0.3) is 0 Å². The first-order chi connectivity index (χ1) is 14.5. The predicted octanol–water partition coefficient (Wildman–Crippen LogP) is 1.65. The molecule has 3 rings (SSSR count). The van der Waals surface area contributed by atoms with Crippen molar-refractivity contribution in [2.75, 3.05) is 26.3 Å². The van der Waals surface area contributed by atoms with Gasteiger partial charge >= 0.3 is 0 Å². The summed E-state index contributed by atoms with van der Waals surface area (Å²) in [6.45, 7) is 2.30. The molecule has 0 saturated carbocycles. The number of hydroxylamine groups is 1. The summed E-state index contributed by atoms with van der Waals surface area (Å²) < 4.78 is 11.1. The van der Waals surface area contributed by atoms with Crippen molar-refractivity contribution >= 4 is 11.8 Å². The monoisotopic (exact) mass is 413 g/mol. The third-order valence-electron chi connectivity index (χ3n) is 4.94. The van der Waals surface area contributed by atoms with Gasteiger partial charge in [-0.15, -0.1) is 0 Å². The van der Waals surface area contributed by atoms with Crippen LogP contribution in [-0.2, 0) is 27.2 Å². The van der Waals surface area contributed by atoms with Crippen molar-refractivity contribution in [3.8, 4) is 11.5 Å². The van der Waals surface area contributed by atoms with Crippen LogP contribution in [0.2, 0.25) is 0 Å². The average molecular weight is 413 g/mol. The van der Waals surface area contributed by atoms with E-state index >= 15 is 0 Å². The highest BCUT2D eigenvalue weighted by Crippen LogP contribution is 2.23. The van der Waals surface area contributed by atoms with E-state index in [2.05, 4.69) is 0 Å². The van der Waals surface area contributed by atoms with Crippen molar-refractivity contribution in [2.45, 2.75) is 25.3 Å². The summed E-state index contributed by atoms with van der Waals surface area (Å²) >= 11 is 0. The molecular weight excluding hydrogens is 386 g/mol. The van der Waals surface area contributed by atoms with Crippen LogP contribution in [0.4, 0.5) is 0 Å². The maximum Gasteiger partial charge on any atom is 0.243 e. The minimum absolute atomic E-state index is 0.0461. The van der Waals surface area contributed by atoms with Crippen LogP contribution in [0, 0.1) is 0 Å². The Labute approximate surface area is 175 Å². The molecule has 1 atom stereocenters. The SMILES string of the molecule is N[C@@H](Cc1ccc(Oc2ccc(CCC(=O)NO)cc2)cc1)C(=O)N1CCOCC1. The predicted molar refractivity (Wildman–Crippen MR) is 110 cm³/mol. The molecule has 0 radical (unpaired) electrons. The summed E-state index contributed by atoms with van der Waals surface area (Å²) in [6.07, 6.45) is 1.21. The van der Waals surface area contributed by atoms with Crippen LogP contribution in [0.1, 0.15) is 17.5 Å². The molecule has 160 valence electrons. The fourth-order valence-corrected chi connectivity index (χ4v) is 3.23. The lowest BCUT2D eigenvalue weighted by atomic mass is 10.1. The highest BCUT2D eigenvalue weighted by molar-refractivity contribution is 5.82. The number of morpholine rings is 1. The van der Waals surface area contributed by atoms with Crippen molar-refractivity contribution in [1.29, 1.82) is 0 Å². The van der Waals surface area contributed by atoms with Gasteiger partial charge in [-0.05, 0) is 48.2 Å². The van der Waals surface area contributed by atoms with E-state index in [-0.39, 0.29) is 12.3 Å². The van der Waals surface area contributed by atoms with Gasteiger partial charge in [-0.25, -0.2) is 5.48 Å². The van der Waals surface area contributed by atoms with Crippen LogP contribution in [0.3, 0.4) is 0 Å². The second-order valence-corrected chi connectivity index (χ2v) is 7.17. The molecule has 0 unspecified atom stereocenters. The van der Waals surface area contributed by atoms with Gasteiger partial charge < -0.3 is 20.1 Å². The van der Waals surface area contributed by atoms with E-state index in [1.54, 1.807) is 10.4 Å². The molecule has 2 aromatic carbocycles. The molecule has 2 aromatic rings. The van der Waals surface area contributed by atoms with Crippen LogP contribution < -0.4 is 16.0 Å². The van der Waals surface area contributed by atoms with Gasteiger partial charge in [-0.1, -0.05) is 24.3 Å². The van der Waals surface area contributed by atoms with E-state index in [0.717, 1.165) is 11.1 Å². The van der Waals surface area contributed by atoms with Crippen LogP contribution in [0.15, 0.2) is 48.5 Å². The van der Waals surface area contributed by atoms with E-state index in [0.29, 0.717) is 50.6 Å². The van der Waals surface area contributed by atoms with E-state index < -0.39 is 11.9 Å². The first-order valence-electron chi connectivity index (χ1n) is 9.96. The summed E-state index contributed by atoms with van der Waals surface area (Å²) in [7, 11) is 0. The van der Waals surface area contributed by atoms with Crippen molar-refractivity contribution < 1.29 is 24.3 Å². The first-order valence-corrected chi connectivity index (χ1v) is 9.96. The van der Waals surface area contributed by atoms with E-state index in [9.17, 15) is 9.59 Å². The molecule has 0 spiro atoms. The molecule has 30 heavy (non-hydrogen) atoms. The second-order valence-electron chi connectivity index (χ2n) is 7.17. The Morgan fingerprint density at radius 3 is 2.17 bits per heavy atom. The summed E-state index contributed by atoms with van der Waals surface area (Å²) in [6, 6.07) is 14.4. The molecule has 1 aliphatic rings. The topological polar surface area (TPSA) is 114 Å². The Morgan fingerprint density at radius 2 is 1.60 bits per heavy atom. The third kappa shape index (κ3) is 6.28. The van der Waals surface area contributed by atoms with Crippen LogP contribution in [0.5, 0.6) is 11.5 Å². The molecule has 0 aromatic heterocycles. The van der Waals surface area contributed by atoms with E-state index in [1.165, 1.54) is 0 Å². The lowest BCUT2D eigenvalue weighted by Crippen LogP contribution is -2.49. The number of hydrogen-bond donors (Lipinski definition) is 3. The van der Waals surface area contributed by atoms with Crippen molar-refractivity contribution in [1.82, 2.24) is 10.4 Å². The van der Waals surface area contributed by atoms with Crippen LogP contribution in [-0.4, -0.2) is 54.3 Å². The average Bonchev–Trinajstić information content (AvgIpc) is 2.79. The molecule has 2 amide bonds. The zero-order valence-electron chi connectivity index (χ0n) is 16.8. The molecule has 8 nitrogen and oxygen atoms in total. The number of ether oxygens (including phenoxy) is 2. The van der Waals surface area contributed by atoms with Gasteiger partial charge in [0.2, 0.25) is 11.8 Å². The Kier molecular flexibility index (Phi) is 7.78. The lowest BCUT2D eigenvalue weighted by Gasteiger charge is -2.29. The molecule has 0 aliphatic carbocycles. The molecule has 0 bridgehead atoms. The number of hydrogen-bond acceptors (Lipinski definition) is 6. The minimum atomic E-state index is -0.574. The normalized spacial score (nSPS) is 14.8. The Bertz CT molecular complexity index is 833. The summed E-state index contributed by atoms with van der Waals surface area (Å²) in [4.78, 5) is 25.3. The number of carbonyl (C=O) groups is 2. The van der Waals surface area contributed by atoms with Gasteiger partial charge in [0, 0.05) is 19.5 Å². The number of rotatable bonds is 8. The molecule has 1 heterocycles. The molecule has 1 fully saturated rings. The maximum absolute atomic E-state index is 12.4. The number of nitrogens with one attached hydrogen (secondary N) is 1. The number of nitrogens with zero attached hydrogens (tertiary/aromatic N) is 1. The number of aryl methyl sites for hydroxylation is 1. The fraction of sp³-hybridized carbons (Fsp3) is 0.364. The highest BCUT2D eigenvalue weighted by atomic mass is 16.5. The summed E-state index contributed by atoms with van der Waals surface area (Å²) in [5.41, 5.74) is 9.67. The third-order valence-corrected chi connectivity index (χ3v) is 4.94. The highest BCUT2D eigenvalue weighted by Gasteiger charge is 2.22. The molecule has 4 N–H and O–H groups in total. The lowest BCUT2D eigenvalue weighted by molar-refractivity contribution is -0.136. The van der Waals surface area contributed by atoms with Gasteiger partial charge in [0.25, 0.3) is 0 Å². The summed E-state index contributed by atoms with van der Waals surface area (Å²) in [5.74, 6) is 0.897. The Balaban J connectivity index is 1.50. The van der Waals surface area contributed by atoms with Gasteiger partial charge in [0.15, 0.2) is 0 Å². The van der Waals surface area contributed by atoms with Gasteiger partial charge in [-0.2, -0.15) is 0 Å². The smallest absolute Gasteiger partial charge is 0.243 e. The Morgan fingerprint density at radius 1 is 1.03 bits per heavy atom. The molecule has 1 saturated heterocycles. The second kappa shape index (κ2) is 10.7. The standard InChI is InChI=1S/C22H27N3O5/c23-20(22(27)25-11-13-29-14-12-25)15-17-3-8-19(9-4-17)30-18-6-1-16(2-7-18)5-10-21(26)24-28/h1-4,6-9,20,28H,5,10-15,23H2,(H,24,26)/t20-/m0/s1. The zero-order valence-corrected chi connectivity index (χ0v) is 16.8. The van der Waals surface area contributed by atoms with Crippen molar-refractivity contribution in [3.05, 3.63) is 59.7 Å². The van der Waals surface area contributed by atoms with Gasteiger partial charge in [-0.3, -0.25) is 14.8 Å². The van der Waals surface area contributed by atoms with E-state index in [1.807, 2.05) is 48.5 Å². The van der Waals surface area contributed by atoms with E-state index in [4.69, 9.17) is 20.4 Å². The quantitative estimate of drug-likeness (QED) is 0.448. The molecule has 1 aliphatic heterocycles. The number of carbonyl (C=O) groups excluding carboxylic acids is 2. The molecular formula is C22H27N3O5. The Hall–Kier alpha value is -2.94. The van der Waals surface area contributed by atoms with Crippen LogP contribution >= 0.6 is 0 Å². The number of amides is 2.